The molecule has 0 spiro atoms. The summed E-state index contributed by atoms with van der Waals surface area (Å²) < 4.78 is 16.9. The van der Waals surface area contributed by atoms with Crippen LogP contribution < -0.4 is 0 Å². The van der Waals surface area contributed by atoms with Crippen LogP contribution in [0.15, 0.2) is 12.2 Å². The monoisotopic (exact) mass is 931 g/mol. The summed E-state index contributed by atoms with van der Waals surface area (Å²) in [7, 11) is 0. The van der Waals surface area contributed by atoms with Crippen LogP contribution in [0.4, 0.5) is 0 Å². The van der Waals surface area contributed by atoms with E-state index in [0.29, 0.717) is 19.3 Å². The maximum atomic E-state index is 12.8. The number of carbonyl (C=O) groups is 3. The third kappa shape index (κ3) is 53.1. The second-order valence-corrected chi connectivity index (χ2v) is 20.3. The summed E-state index contributed by atoms with van der Waals surface area (Å²) in [6.07, 6.45) is 63.5. The van der Waals surface area contributed by atoms with Crippen LogP contribution >= 0.6 is 0 Å². The highest BCUT2D eigenvalue weighted by Crippen LogP contribution is 2.17. The average Bonchev–Trinajstić information content (AvgIpc) is 3.31. The van der Waals surface area contributed by atoms with E-state index in [2.05, 4.69) is 32.9 Å². The Morgan fingerprint density at radius 3 is 0.758 bits per heavy atom. The van der Waals surface area contributed by atoms with Gasteiger partial charge < -0.3 is 14.2 Å². The van der Waals surface area contributed by atoms with Crippen LogP contribution in [0.3, 0.4) is 0 Å². The number of rotatable bonds is 55. The Morgan fingerprint density at radius 2 is 0.500 bits per heavy atom. The summed E-state index contributed by atoms with van der Waals surface area (Å²) in [5.41, 5.74) is 0. The van der Waals surface area contributed by atoms with Gasteiger partial charge in [-0.3, -0.25) is 14.4 Å². The zero-order valence-corrected chi connectivity index (χ0v) is 44.7. The number of unbranched alkanes of at least 4 members (excludes halogenated alkanes) is 42. The molecule has 0 aromatic heterocycles. The van der Waals surface area contributed by atoms with E-state index in [9.17, 15) is 14.4 Å². The zero-order valence-electron chi connectivity index (χ0n) is 44.7. The number of hydrogen-bond donors (Lipinski definition) is 0. The van der Waals surface area contributed by atoms with Gasteiger partial charge in [0.2, 0.25) is 0 Å². The molecule has 1 atom stereocenters. The fourth-order valence-electron chi connectivity index (χ4n) is 9.03. The van der Waals surface area contributed by atoms with E-state index in [1.54, 1.807) is 0 Å². The van der Waals surface area contributed by atoms with E-state index < -0.39 is 6.10 Å². The van der Waals surface area contributed by atoms with Crippen LogP contribution in [-0.2, 0) is 28.6 Å². The fraction of sp³-hybridized carbons (Fsp3) is 0.917. The maximum absolute atomic E-state index is 12.8. The molecular formula is C60H114O6. The molecule has 0 N–H and O–H groups in total. The first-order valence-electron chi connectivity index (χ1n) is 29.7. The summed E-state index contributed by atoms with van der Waals surface area (Å²) >= 11 is 0. The molecule has 0 rings (SSSR count). The van der Waals surface area contributed by atoms with Crippen molar-refractivity contribution in [1.29, 1.82) is 0 Å². The predicted molar refractivity (Wildman–Crippen MR) is 284 cm³/mol. The van der Waals surface area contributed by atoms with Crippen LogP contribution in [-0.4, -0.2) is 37.2 Å². The molecule has 0 amide bonds. The Hall–Kier alpha value is -1.85. The molecule has 0 aromatic rings. The van der Waals surface area contributed by atoms with E-state index in [1.807, 2.05) is 0 Å². The molecule has 390 valence electrons. The van der Waals surface area contributed by atoms with Gasteiger partial charge in [0.25, 0.3) is 0 Å². The van der Waals surface area contributed by atoms with Crippen molar-refractivity contribution in [1.82, 2.24) is 0 Å². The molecule has 0 aromatic carbocycles. The summed E-state index contributed by atoms with van der Waals surface area (Å²) in [4.78, 5) is 38.2. The number of esters is 3. The van der Waals surface area contributed by atoms with Gasteiger partial charge >= 0.3 is 17.9 Å². The fourth-order valence-corrected chi connectivity index (χ4v) is 9.03. The molecule has 0 radical (unpaired) electrons. The molecular weight excluding hydrogens is 817 g/mol. The zero-order chi connectivity index (χ0) is 47.9. The standard InChI is InChI=1S/C60H114O6/c1-4-7-10-13-16-19-22-25-28-29-30-31-33-35-38-41-44-47-50-53-59(62)65-56-57(55-64-58(61)52-49-46-43-40-37-34-27-24-21-18-15-12-9-6-3)66-60(63)54-51-48-45-42-39-36-32-26-23-20-17-14-11-8-5-2/h24,27,57H,4-23,25-26,28-56H2,1-3H3/b27-24-. The third-order valence-corrected chi connectivity index (χ3v) is 13.5. The van der Waals surface area contributed by atoms with Crippen molar-refractivity contribution in [3.8, 4) is 0 Å². The summed E-state index contributed by atoms with van der Waals surface area (Å²) in [5.74, 6) is -0.849. The van der Waals surface area contributed by atoms with Crippen molar-refractivity contribution in [3.63, 3.8) is 0 Å². The summed E-state index contributed by atoms with van der Waals surface area (Å²) in [5, 5.41) is 0. The molecule has 1 unspecified atom stereocenters. The quantitative estimate of drug-likeness (QED) is 0.0262. The van der Waals surface area contributed by atoms with E-state index >= 15 is 0 Å². The Bertz CT molecular complexity index is 1020. The SMILES string of the molecule is CCCCCCC/C=C\CCCCCCCC(=O)OCC(COC(=O)CCCCCCCCCCCCCCCCCCCCC)OC(=O)CCCCCCCCCCCCCCCCC. The van der Waals surface area contributed by atoms with Gasteiger partial charge in [0.05, 0.1) is 0 Å². The molecule has 0 bridgehead atoms. The molecule has 0 aliphatic rings. The minimum Gasteiger partial charge on any atom is -0.462 e. The highest BCUT2D eigenvalue weighted by Gasteiger charge is 2.19. The minimum absolute atomic E-state index is 0.0663. The first-order chi connectivity index (χ1) is 32.5. The number of ether oxygens (including phenoxy) is 3. The van der Waals surface area contributed by atoms with E-state index in [-0.39, 0.29) is 31.1 Å². The number of carbonyl (C=O) groups excluding carboxylic acids is 3. The third-order valence-electron chi connectivity index (χ3n) is 13.5. The van der Waals surface area contributed by atoms with Gasteiger partial charge in [0.1, 0.15) is 13.2 Å². The van der Waals surface area contributed by atoms with E-state index in [0.717, 1.165) is 64.2 Å². The molecule has 0 aliphatic heterocycles. The predicted octanol–water partition coefficient (Wildman–Crippen LogP) is 19.7. The first kappa shape index (κ1) is 64.2. The van der Waals surface area contributed by atoms with Crippen molar-refractivity contribution in [2.24, 2.45) is 0 Å². The molecule has 0 heterocycles. The molecule has 0 aliphatic carbocycles. The lowest BCUT2D eigenvalue weighted by Crippen LogP contribution is -2.30. The summed E-state index contributed by atoms with van der Waals surface area (Å²) in [6.45, 7) is 6.69. The Kier molecular flexibility index (Phi) is 54.2. The second kappa shape index (κ2) is 55.7. The van der Waals surface area contributed by atoms with Crippen molar-refractivity contribution < 1.29 is 28.6 Å². The van der Waals surface area contributed by atoms with Gasteiger partial charge in [-0.25, -0.2) is 0 Å². The van der Waals surface area contributed by atoms with Gasteiger partial charge in [-0.1, -0.05) is 283 Å². The second-order valence-electron chi connectivity index (χ2n) is 20.3. The molecule has 0 saturated carbocycles. The first-order valence-corrected chi connectivity index (χ1v) is 29.7. The van der Waals surface area contributed by atoms with Crippen LogP contribution in [0.25, 0.3) is 0 Å². The highest BCUT2D eigenvalue weighted by atomic mass is 16.6. The maximum Gasteiger partial charge on any atom is 0.306 e. The summed E-state index contributed by atoms with van der Waals surface area (Å²) in [6, 6.07) is 0. The van der Waals surface area contributed by atoms with Crippen LogP contribution in [0, 0.1) is 0 Å². The lowest BCUT2D eigenvalue weighted by atomic mass is 10.0. The van der Waals surface area contributed by atoms with Gasteiger partial charge in [-0.05, 0) is 44.9 Å². The van der Waals surface area contributed by atoms with Crippen LogP contribution in [0.5, 0.6) is 0 Å². The average molecular weight is 932 g/mol. The van der Waals surface area contributed by atoms with Crippen molar-refractivity contribution in [2.45, 2.75) is 341 Å². The molecule has 0 fully saturated rings. The van der Waals surface area contributed by atoms with Crippen molar-refractivity contribution in [3.05, 3.63) is 12.2 Å². The molecule has 6 nitrogen and oxygen atoms in total. The van der Waals surface area contributed by atoms with E-state index in [4.69, 9.17) is 14.2 Å². The molecule has 66 heavy (non-hydrogen) atoms. The van der Waals surface area contributed by atoms with Crippen LogP contribution in [0.1, 0.15) is 335 Å². The molecule has 6 heteroatoms. The van der Waals surface area contributed by atoms with Crippen molar-refractivity contribution in [2.75, 3.05) is 13.2 Å². The number of allylic oxidation sites excluding steroid dienone is 2. The highest BCUT2D eigenvalue weighted by molar-refractivity contribution is 5.71. The van der Waals surface area contributed by atoms with Gasteiger partial charge in [-0.15, -0.1) is 0 Å². The normalized spacial score (nSPS) is 12.0. The Morgan fingerprint density at radius 1 is 0.288 bits per heavy atom. The van der Waals surface area contributed by atoms with Gasteiger partial charge in [0.15, 0.2) is 6.10 Å². The topological polar surface area (TPSA) is 78.9 Å². The minimum atomic E-state index is -0.767. The Balaban J connectivity index is 4.29. The largest absolute Gasteiger partial charge is 0.462 e. The number of hydrogen-bond acceptors (Lipinski definition) is 6. The lowest BCUT2D eigenvalue weighted by Gasteiger charge is -2.18. The van der Waals surface area contributed by atoms with E-state index in [1.165, 1.54) is 231 Å². The van der Waals surface area contributed by atoms with Gasteiger partial charge in [0, 0.05) is 19.3 Å². The molecule has 0 saturated heterocycles. The van der Waals surface area contributed by atoms with Gasteiger partial charge in [-0.2, -0.15) is 0 Å². The Labute approximate surface area is 411 Å². The van der Waals surface area contributed by atoms with Crippen LogP contribution in [0.2, 0.25) is 0 Å². The smallest absolute Gasteiger partial charge is 0.306 e. The lowest BCUT2D eigenvalue weighted by molar-refractivity contribution is -0.167. The van der Waals surface area contributed by atoms with Crippen molar-refractivity contribution >= 4 is 17.9 Å².